The molecule has 0 aliphatic carbocycles. The Morgan fingerprint density at radius 2 is 2.17 bits per heavy atom. The quantitative estimate of drug-likeness (QED) is 0.515. The number of aryl methyl sites for hydroxylation is 1. The zero-order valence-corrected chi connectivity index (χ0v) is 15.3. The lowest BCUT2D eigenvalue weighted by molar-refractivity contribution is -0.113. The molecule has 1 amide bonds. The summed E-state index contributed by atoms with van der Waals surface area (Å²) in [6, 6.07) is 7.80. The first-order valence-corrected chi connectivity index (χ1v) is 9.87. The number of aromatic nitrogens is 4. The lowest BCUT2D eigenvalue weighted by Crippen LogP contribution is -2.13. The average Bonchev–Trinajstić information content (AvgIpc) is 3.22. The Morgan fingerprint density at radius 3 is 2.92 bits per heavy atom. The summed E-state index contributed by atoms with van der Waals surface area (Å²) in [5, 5.41) is 19.3. The maximum absolute atomic E-state index is 11.9. The van der Waals surface area contributed by atoms with Gasteiger partial charge >= 0.3 is 0 Å². The molecule has 124 valence electrons. The van der Waals surface area contributed by atoms with Crippen LogP contribution < -0.4 is 5.32 Å². The number of hydrogen-bond donors (Lipinski definition) is 1. The van der Waals surface area contributed by atoms with Gasteiger partial charge in [0.25, 0.3) is 5.22 Å². The van der Waals surface area contributed by atoms with Crippen LogP contribution in [0.15, 0.2) is 38.2 Å². The first-order valence-electron chi connectivity index (χ1n) is 6.85. The Balaban J connectivity index is 1.56. The van der Waals surface area contributed by atoms with E-state index in [0.717, 1.165) is 15.5 Å². The summed E-state index contributed by atoms with van der Waals surface area (Å²) in [4.78, 5) is 11.9. The summed E-state index contributed by atoms with van der Waals surface area (Å²) in [6.45, 7) is 2.00. The minimum atomic E-state index is -0.195. The van der Waals surface area contributed by atoms with Crippen LogP contribution in [-0.4, -0.2) is 38.3 Å². The average molecular weight is 379 g/mol. The Bertz CT molecular complexity index is 848. The van der Waals surface area contributed by atoms with Crippen molar-refractivity contribution in [3.8, 4) is 11.5 Å². The van der Waals surface area contributed by atoms with Crippen LogP contribution >= 0.6 is 34.9 Å². The molecule has 0 aliphatic rings. The van der Waals surface area contributed by atoms with Gasteiger partial charge < -0.3 is 4.42 Å². The maximum atomic E-state index is 11.9. The van der Waals surface area contributed by atoms with Gasteiger partial charge in [0.1, 0.15) is 0 Å². The van der Waals surface area contributed by atoms with Crippen LogP contribution in [0, 0.1) is 6.92 Å². The van der Waals surface area contributed by atoms with E-state index in [1.54, 1.807) is 0 Å². The van der Waals surface area contributed by atoms with Crippen molar-refractivity contribution in [2.24, 2.45) is 0 Å². The predicted octanol–water partition coefficient (Wildman–Crippen LogP) is 3.35. The Hall–Kier alpha value is -1.91. The molecule has 0 saturated heterocycles. The van der Waals surface area contributed by atoms with Crippen LogP contribution in [0.2, 0.25) is 0 Å². The van der Waals surface area contributed by atoms with E-state index in [2.05, 4.69) is 25.7 Å². The molecule has 2 aromatic heterocycles. The molecule has 0 aliphatic heterocycles. The van der Waals surface area contributed by atoms with Crippen molar-refractivity contribution in [3.63, 3.8) is 0 Å². The second kappa shape index (κ2) is 7.77. The van der Waals surface area contributed by atoms with Crippen LogP contribution in [0.25, 0.3) is 11.5 Å². The first kappa shape index (κ1) is 16.9. The number of thioether (sulfide) groups is 2. The Morgan fingerprint density at radius 1 is 1.29 bits per heavy atom. The molecule has 0 atom stereocenters. The summed E-state index contributed by atoms with van der Waals surface area (Å²) in [5.41, 5.74) is 1.97. The van der Waals surface area contributed by atoms with Gasteiger partial charge in [0.15, 0.2) is 4.34 Å². The summed E-state index contributed by atoms with van der Waals surface area (Å²) in [6.07, 6.45) is 1.91. The number of carbonyl (C=O) groups excluding carboxylic acids is 1. The van der Waals surface area contributed by atoms with Crippen LogP contribution in [0.5, 0.6) is 0 Å². The Kier molecular flexibility index (Phi) is 5.48. The van der Waals surface area contributed by atoms with Crippen LogP contribution in [0.1, 0.15) is 5.56 Å². The predicted molar refractivity (Wildman–Crippen MR) is 95.5 cm³/mol. The molecule has 3 rings (SSSR count). The molecule has 0 unspecified atom stereocenters. The molecule has 7 nitrogen and oxygen atoms in total. The molecule has 0 saturated carbocycles. The van der Waals surface area contributed by atoms with Crippen LogP contribution in [0.3, 0.4) is 0 Å². The molecule has 0 spiro atoms. The van der Waals surface area contributed by atoms with Gasteiger partial charge in [-0.15, -0.1) is 20.4 Å². The van der Waals surface area contributed by atoms with Crippen molar-refractivity contribution < 1.29 is 9.21 Å². The third-order valence-electron chi connectivity index (χ3n) is 2.83. The number of anilines is 1. The van der Waals surface area contributed by atoms with E-state index in [1.807, 2.05) is 37.4 Å². The molecule has 24 heavy (non-hydrogen) atoms. The highest BCUT2D eigenvalue weighted by Gasteiger charge is 2.13. The van der Waals surface area contributed by atoms with Crippen LogP contribution in [0.4, 0.5) is 5.13 Å². The van der Waals surface area contributed by atoms with Gasteiger partial charge in [-0.3, -0.25) is 10.1 Å². The fraction of sp³-hybridized carbons (Fsp3) is 0.214. The van der Waals surface area contributed by atoms with Crippen molar-refractivity contribution in [1.82, 2.24) is 20.4 Å². The summed E-state index contributed by atoms with van der Waals surface area (Å²) in [7, 11) is 0. The number of nitrogens with zero attached hydrogens (tertiary/aromatic N) is 4. The fourth-order valence-electron chi connectivity index (χ4n) is 1.79. The summed E-state index contributed by atoms with van der Waals surface area (Å²) in [5.74, 6) is 0.401. The molecule has 3 aromatic rings. The second-order valence-electron chi connectivity index (χ2n) is 4.66. The molecule has 1 N–H and O–H groups in total. The van der Waals surface area contributed by atoms with E-state index in [4.69, 9.17) is 4.42 Å². The minimum absolute atomic E-state index is 0.156. The highest BCUT2D eigenvalue weighted by Crippen LogP contribution is 2.25. The zero-order chi connectivity index (χ0) is 16.9. The largest absolute Gasteiger partial charge is 0.411 e. The summed E-state index contributed by atoms with van der Waals surface area (Å²) >= 11 is 4.00. The lowest BCUT2D eigenvalue weighted by atomic mass is 10.1. The van der Waals surface area contributed by atoms with Gasteiger partial charge in [-0.2, -0.15) is 0 Å². The second-order valence-corrected chi connectivity index (χ2v) is 7.61. The first-order chi connectivity index (χ1) is 11.6. The molecule has 10 heteroatoms. The molecule has 0 fully saturated rings. The third-order valence-corrected chi connectivity index (χ3v) is 5.46. The van der Waals surface area contributed by atoms with Crippen molar-refractivity contribution in [1.29, 1.82) is 0 Å². The molecular weight excluding hydrogens is 366 g/mol. The number of hydrogen-bond acceptors (Lipinski definition) is 9. The normalized spacial score (nSPS) is 10.8. The monoisotopic (exact) mass is 379 g/mol. The van der Waals surface area contributed by atoms with Gasteiger partial charge in [0, 0.05) is 5.56 Å². The SMILES string of the molecule is CSc1nnc(NC(=O)CSc2nnc(-c3cccc(C)c3)o2)s1. The third kappa shape index (κ3) is 4.34. The molecule has 0 radical (unpaired) electrons. The van der Waals surface area contributed by atoms with Gasteiger partial charge in [-0.05, 0) is 25.3 Å². The van der Waals surface area contributed by atoms with Crippen molar-refractivity contribution in [2.45, 2.75) is 16.5 Å². The summed E-state index contributed by atoms with van der Waals surface area (Å²) < 4.78 is 6.38. The number of benzene rings is 1. The lowest BCUT2D eigenvalue weighted by Gasteiger charge is -1.98. The van der Waals surface area contributed by atoms with E-state index >= 15 is 0 Å². The van der Waals surface area contributed by atoms with Gasteiger partial charge in [0.2, 0.25) is 16.9 Å². The van der Waals surface area contributed by atoms with Gasteiger partial charge in [-0.1, -0.05) is 52.6 Å². The molecule has 2 heterocycles. The van der Waals surface area contributed by atoms with E-state index < -0.39 is 0 Å². The topological polar surface area (TPSA) is 93.8 Å². The van der Waals surface area contributed by atoms with E-state index in [0.29, 0.717) is 16.2 Å². The van der Waals surface area contributed by atoms with E-state index in [1.165, 1.54) is 34.9 Å². The minimum Gasteiger partial charge on any atom is -0.411 e. The maximum Gasteiger partial charge on any atom is 0.277 e. The zero-order valence-electron chi connectivity index (χ0n) is 12.8. The standard InChI is InChI=1S/C14H13N5O2S3/c1-8-4-3-5-9(6-8)11-16-18-13(21-11)23-7-10(20)15-12-17-19-14(22-2)24-12/h3-6H,7H2,1-2H3,(H,15,17,20). The number of nitrogens with one attached hydrogen (secondary N) is 1. The number of carbonyl (C=O) groups is 1. The van der Waals surface area contributed by atoms with E-state index in [-0.39, 0.29) is 11.7 Å². The van der Waals surface area contributed by atoms with Crippen LogP contribution in [-0.2, 0) is 4.79 Å². The van der Waals surface area contributed by atoms with Crippen molar-refractivity contribution in [2.75, 3.05) is 17.3 Å². The highest BCUT2D eigenvalue weighted by molar-refractivity contribution is 8.00. The number of rotatable bonds is 6. The fourth-order valence-corrected chi connectivity index (χ4v) is 3.54. The van der Waals surface area contributed by atoms with E-state index in [9.17, 15) is 4.79 Å². The Labute approximate surface area is 150 Å². The van der Waals surface area contributed by atoms with Gasteiger partial charge in [-0.25, -0.2) is 0 Å². The van der Waals surface area contributed by atoms with Crippen molar-refractivity contribution >= 4 is 45.9 Å². The van der Waals surface area contributed by atoms with Crippen molar-refractivity contribution in [3.05, 3.63) is 29.8 Å². The van der Waals surface area contributed by atoms with Gasteiger partial charge in [0.05, 0.1) is 5.75 Å². The molecular formula is C14H13N5O2S3. The smallest absolute Gasteiger partial charge is 0.277 e. The highest BCUT2D eigenvalue weighted by atomic mass is 32.2. The number of amides is 1. The molecule has 1 aromatic carbocycles. The molecule has 0 bridgehead atoms.